The highest BCUT2D eigenvalue weighted by Gasteiger charge is 2.22. The number of hydrogen-bond acceptors (Lipinski definition) is 3. The van der Waals surface area contributed by atoms with Crippen molar-refractivity contribution in [3.63, 3.8) is 0 Å². The second-order valence-corrected chi connectivity index (χ2v) is 5.61. The highest BCUT2D eigenvalue weighted by atomic mass is 16.5. The first-order valence-corrected chi connectivity index (χ1v) is 7.42. The molecule has 3 nitrogen and oxygen atoms in total. The van der Waals surface area contributed by atoms with Crippen molar-refractivity contribution in [2.24, 2.45) is 5.92 Å². The molecule has 2 saturated heterocycles. The first-order chi connectivity index (χ1) is 8.38. The summed E-state index contributed by atoms with van der Waals surface area (Å²) < 4.78 is 5.56. The Labute approximate surface area is 106 Å². The van der Waals surface area contributed by atoms with Gasteiger partial charge in [-0.25, -0.2) is 0 Å². The topological polar surface area (TPSA) is 24.5 Å². The minimum Gasteiger partial charge on any atom is -0.381 e. The molecule has 100 valence electrons. The molecule has 0 aromatic heterocycles. The van der Waals surface area contributed by atoms with E-state index in [1.54, 1.807) is 0 Å². The summed E-state index contributed by atoms with van der Waals surface area (Å²) in [5.41, 5.74) is 0. The van der Waals surface area contributed by atoms with Gasteiger partial charge in [0.05, 0.1) is 6.61 Å². The van der Waals surface area contributed by atoms with Gasteiger partial charge in [-0.3, -0.25) is 0 Å². The SMILES string of the molecule is CCCNC1CCN(CC2CCCOC2)CC1. The van der Waals surface area contributed by atoms with Crippen LogP contribution in [0.15, 0.2) is 0 Å². The van der Waals surface area contributed by atoms with Crippen molar-refractivity contribution in [3.05, 3.63) is 0 Å². The van der Waals surface area contributed by atoms with E-state index in [1.807, 2.05) is 0 Å². The minimum absolute atomic E-state index is 0.772. The Morgan fingerprint density at radius 1 is 1.24 bits per heavy atom. The van der Waals surface area contributed by atoms with E-state index in [0.717, 1.165) is 25.2 Å². The lowest BCUT2D eigenvalue weighted by Crippen LogP contribution is -2.45. The van der Waals surface area contributed by atoms with E-state index < -0.39 is 0 Å². The van der Waals surface area contributed by atoms with Gasteiger partial charge in [0.25, 0.3) is 0 Å². The van der Waals surface area contributed by atoms with Crippen molar-refractivity contribution in [2.45, 2.75) is 45.1 Å². The third kappa shape index (κ3) is 4.57. The van der Waals surface area contributed by atoms with Crippen LogP contribution >= 0.6 is 0 Å². The maximum Gasteiger partial charge on any atom is 0.0506 e. The molecule has 1 atom stereocenters. The fraction of sp³-hybridized carbons (Fsp3) is 1.00. The summed E-state index contributed by atoms with van der Waals surface area (Å²) in [4.78, 5) is 2.64. The summed E-state index contributed by atoms with van der Waals surface area (Å²) in [5, 5.41) is 3.64. The van der Waals surface area contributed by atoms with Gasteiger partial charge in [-0.1, -0.05) is 6.92 Å². The lowest BCUT2D eigenvalue weighted by Gasteiger charge is -2.35. The molecule has 1 N–H and O–H groups in total. The van der Waals surface area contributed by atoms with Gasteiger partial charge in [-0.05, 0) is 57.7 Å². The van der Waals surface area contributed by atoms with Crippen LogP contribution in [-0.2, 0) is 4.74 Å². The van der Waals surface area contributed by atoms with Crippen LogP contribution in [0, 0.1) is 5.92 Å². The number of piperidine rings is 1. The van der Waals surface area contributed by atoms with Crippen molar-refractivity contribution in [1.29, 1.82) is 0 Å². The van der Waals surface area contributed by atoms with E-state index in [2.05, 4.69) is 17.1 Å². The van der Waals surface area contributed by atoms with E-state index >= 15 is 0 Å². The molecule has 0 aromatic carbocycles. The maximum absolute atomic E-state index is 5.56. The molecular weight excluding hydrogens is 212 g/mol. The van der Waals surface area contributed by atoms with E-state index in [1.165, 1.54) is 58.3 Å². The lowest BCUT2D eigenvalue weighted by atomic mass is 9.99. The molecule has 2 fully saturated rings. The zero-order valence-electron chi connectivity index (χ0n) is 11.3. The number of hydrogen-bond donors (Lipinski definition) is 1. The molecule has 2 aliphatic rings. The molecule has 0 radical (unpaired) electrons. The van der Waals surface area contributed by atoms with Crippen LogP contribution in [0.25, 0.3) is 0 Å². The van der Waals surface area contributed by atoms with E-state index in [-0.39, 0.29) is 0 Å². The molecule has 0 amide bonds. The average Bonchev–Trinajstić information content (AvgIpc) is 2.39. The Balaban J connectivity index is 1.61. The average molecular weight is 240 g/mol. The zero-order valence-corrected chi connectivity index (χ0v) is 11.3. The van der Waals surface area contributed by atoms with Gasteiger partial charge >= 0.3 is 0 Å². The third-order valence-corrected chi connectivity index (χ3v) is 4.04. The van der Waals surface area contributed by atoms with Gasteiger partial charge in [-0.2, -0.15) is 0 Å². The highest BCUT2D eigenvalue weighted by Crippen LogP contribution is 2.18. The van der Waals surface area contributed by atoms with Crippen LogP contribution in [-0.4, -0.2) is 50.3 Å². The smallest absolute Gasteiger partial charge is 0.0506 e. The fourth-order valence-electron chi connectivity index (χ4n) is 2.98. The Morgan fingerprint density at radius 3 is 2.71 bits per heavy atom. The Bertz CT molecular complexity index is 196. The first-order valence-electron chi connectivity index (χ1n) is 7.42. The van der Waals surface area contributed by atoms with Crippen molar-refractivity contribution < 1.29 is 4.74 Å². The lowest BCUT2D eigenvalue weighted by molar-refractivity contribution is 0.0340. The molecular formula is C14H28N2O. The summed E-state index contributed by atoms with van der Waals surface area (Å²) in [7, 11) is 0. The number of ether oxygens (including phenoxy) is 1. The maximum atomic E-state index is 5.56. The Morgan fingerprint density at radius 2 is 2.06 bits per heavy atom. The molecule has 0 aromatic rings. The van der Waals surface area contributed by atoms with Gasteiger partial charge in [0, 0.05) is 19.2 Å². The second kappa shape index (κ2) is 7.34. The number of nitrogens with one attached hydrogen (secondary N) is 1. The quantitative estimate of drug-likeness (QED) is 0.794. The summed E-state index contributed by atoms with van der Waals surface area (Å²) in [5.74, 6) is 0.795. The van der Waals surface area contributed by atoms with Gasteiger partial charge in [-0.15, -0.1) is 0 Å². The summed E-state index contributed by atoms with van der Waals surface area (Å²) >= 11 is 0. The number of likely N-dealkylation sites (tertiary alicyclic amines) is 1. The Hall–Kier alpha value is -0.120. The monoisotopic (exact) mass is 240 g/mol. The van der Waals surface area contributed by atoms with E-state index in [4.69, 9.17) is 4.74 Å². The van der Waals surface area contributed by atoms with Gasteiger partial charge in [0.1, 0.15) is 0 Å². The molecule has 17 heavy (non-hydrogen) atoms. The predicted molar refractivity (Wildman–Crippen MR) is 71.3 cm³/mol. The molecule has 3 heteroatoms. The summed E-state index contributed by atoms with van der Waals surface area (Å²) in [6.07, 6.45) is 6.54. The van der Waals surface area contributed by atoms with Crippen LogP contribution in [0.4, 0.5) is 0 Å². The first kappa shape index (κ1) is 13.3. The summed E-state index contributed by atoms with van der Waals surface area (Å²) in [6, 6.07) is 0.772. The van der Waals surface area contributed by atoms with Crippen LogP contribution in [0.5, 0.6) is 0 Å². The Kier molecular flexibility index (Phi) is 5.75. The molecule has 0 aliphatic carbocycles. The normalized spacial score (nSPS) is 28.4. The van der Waals surface area contributed by atoms with Crippen LogP contribution in [0.2, 0.25) is 0 Å². The highest BCUT2D eigenvalue weighted by molar-refractivity contribution is 4.79. The number of nitrogens with zero attached hydrogens (tertiary/aromatic N) is 1. The third-order valence-electron chi connectivity index (χ3n) is 4.04. The predicted octanol–water partition coefficient (Wildman–Crippen LogP) is 1.88. The molecule has 2 rings (SSSR count). The van der Waals surface area contributed by atoms with Gasteiger partial charge in [0.2, 0.25) is 0 Å². The molecule has 0 spiro atoms. The fourth-order valence-corrected chi connectivity index (χ4v) is 2.98. The number of rotatable bonds is 5. The van der Waals surface area contributed by atoms with Crippen molar-refractivity contribution in [2.75, 3.05) is 39.4 Å². The minimum atomic E-state index is 0.772. The van der Waals surface area contributed by atoms with Crippen molar-refractivity contribution in [3.8, 4) is 0 Å². The van der Waals surface area contributed by atoms with Crippen LogP contribution in [0.3, 0.4) is 0 Å². The van der Waals surface area contributed by atoms with E-state index in [9.17, 15) is 0 Å². The molecule has 1 unspecified atom stereocenters. The second-order valence-electron chi connectivity index (χ2n) is 5.61. The molecule has 0 bridgehead atoms. The van der Waals surface area contributed by atoms with Crippen molar-refractivity contribution >= 4 is 0 Å². The van der Waals surface area contributed by atoms with Gasteiger partial charge in [0.15, 0.2) is 0 Å². The van der Waals surface area contributed by atoms with Gasteiger partial charge < -0.3 is 15.0 Å². The standard InChI is InChI=1S/C14H28N2O/c1-2-7-15-14-5-8-16(9-6-14)11-13-4-3-10-17-12-13/h13-15H,2-12H2,1H3. The zero-order chi connectivity index (χ0) is 11.9. The largest absolute Gasteiger partial charge is 0.381 e. The summed E-state index contributed by atoms with van der Waals surface area (Å²) in [6.45, 7) is 9.22. The molecule has 2 heterocycles. The molecule has 2 aliphatic heterocycles. The molecule has 0 saturated carbocycles. The van der Waals surface area contributed by atoms with E-state index in [0.29, 0.717) is 0 Å². The van der Waals surface area contributed by atoms with Crippen LogP contribution < -0.4 is 5.32 Å². The van der Waals surface area contributed by atoms with Crippen LogP contribution in [0.1, 0.15) is 39.0 Å². The van der Waals surface area contributed by atoms with Crippen molar-refractivity contribution in [1.82, 2.24) is 10.2 Å².